The third-order valence-corrected chi connectivity index (χ3v) is 4.45. The molecule has 0 bridgehead atoms. The maximum absolute atomic E-state index is 5.60. The van der Waals surface area contributed by atoms with Gasteiger partial charge in [-0.2, -0.15) is 0 Å². The monoisotopic (exact) mass is 282 g/mol. The summed E-state index contributed by atoms with van der Waals surface area (Å²) in [5, 5.41) is 6.74. The lowest BCUT2D eigenvalue weighted by Gasteiger charge is -2.24. The van der Waals surface area contributed by atoms with Gasteiger partial charge in [0.2, 0.25) is 0 Å². The largest absolute Gasteiger partial charge is 0.376 e. The van der Waals surface area contributed by atoms with Gasteiger partial charge >= 0.3 is 0 Å². The molecule has 5 nitrogen and oxygen atoms in total. The van der Waals surface area contributed by atoms with Crippen molar-refractivity contribution in [3.05, 3.63) is 0 Å². The van der Waals surface area contributed by atoms with Crippen LogP contribution in [0.2, 0.25) is 0 Å². The van der Waals surface area contributed by atoms with Crippen LogP contribution in [-0.2, 0) is 4.74 Å². The number of likely N-dealkylation sites (N-methyl/N-ethyl adjacent to an activating group) is 1. The second-order valence-corrected chi connectivity index (χ2v) is 5.93. The molecule has 1 aliphatic carbocycles. The summed E-state index contributed by atoms with van der Waals surface area (Å²) in [5.74, 6) is 0.889. The Hall–Kier alpha value is -0.810. The number of aliphatic imine (C=N–C) groups is 1. The van der Waals surface area contributed by atoms with Crippen molar-refractivity contribution in [2.45, 2.75) is 50.7 Å². The predicted octanol–water partition coefficient (Wildman–Crippen LogP) is 1.20. The first-order chi connectivity index (χ1) is 9.79. The topological polar surface area (TPSA) is 48.9 Å². The number of nitrogens with one attached hydrogen (secondary N) is 2. The van der Waals surface area contributed by atoms with Gasteiger partial charge in [0, 0.05) is 39.3 Å². The van der Waals surface area contributed by atoms with Crippen LogP contribution < -0.4 is 10.6 Å². The van der Waals surface area contributed by atoms with Crippen LogP contribution >= 0.6 is 0 Å². The number of guanidine groups is 1. The maximum atomic E-state index is 5.60. The molecule has 2 aliphatic rings. The van der Waals surface area contributed by atoms with Gasteiger partial charge < -0.3 is 20.3 Å². The van der Waals surface area contributed by atoms with Crippen LogP contribution in [0, 0.1) is 0 Å². The molecule has 1 unspecified atom stereocenters. The average molecular weight is 282 g/mol. The first-order valence-corrected chi connectivity index (χ1v) is 8.06. The molecule has 2 N–H and O–H groups in total. The van der Waals surface area contributed by atoms with Gasteiger partial charge in [-0.1, -0.05) is 12.8 Å². The molecule has 5 heteroatoms. The minimum Gasteiger partial charge on any atom is -0.376 e. The van der Waals surface area contributed by atoms with Crippen molar-refractivity contribution in [3.63, 3.8) is 0 Å². The summed E-state index contributed by atoms with van der Waals surface area (Å²) in [6.45, 7) is 3.78. The van der Waals surface area contributed by atoms with E-state index >= 15 is 0 Å². The smallest absolute Gasteiger partial charge is 0.191 e. The van der Waals surface area contributed by atoms with Gasteiger partial charge in [-0.25, -0.2) is 0 Å². The fourth-order valence-electron chi connectivity index (χ4n) is 3.11. The molecule has 0 aromatic carbocycles. The molecule has 1 saturated heterocycles. The van der Waals surface area contributed by atoms with E-state index in [-0.39, 0.29) is 0 Å². The molecule has 0 aromatic heterocycles. The van der Waals surface area contributed by atoms with E-state index < -0.39 is 0 Å². The summed E-state index contributed by atoms with van der Waals surface area (Å²) in [7, 11) is 4.06. The van der Waals surface area contributed by atoms with Crippen LogP contribution in [0.15, 0.2) is 4.99 Å². The molecule has 0 amide bonds. The lowest BCUT2D eigenvalue weighted by Crippen LogP contribution is -2.44. The number of hydrogen-bond acceptors (Lipinski definition) is 3. The molecule has 0 aromatic rings. The van der Waals surface area contributed by atoms with Crippen molar-refractivity contribution >= 4 is 5.96 Å². The van der Waals surface area contributed by atoms with Gasteiger partial charge in [-0.05, 0) is 32.7 Å². The van der Waals surface area contributed by atoms with Crippen LogP contribution in [-0.4, -0.2) is 63.3 Å². The highest BCUT2D eigenvalue weighted by Gasteiger charge is 2.19. The molecule has 0 spiro atoms. The van der Waals surface area contributed by atoms with E-state index in [2.05, 4.69) is 27.6 Å². The number of rotatable bonds is 6. The predicted molar refractivity (Wildman–Crippen MR) is 83.2 cm³/mol. The Bertz CT molecular complexity index is 296. The van der Waals surface area contributed by atoms with Crippen molar-refractivity contribution in [1.29, 1.82) is 0 Å². The fraction of sp³-hybridized carbons (Fsp3) is 0.933. The lowest BCUT2D eigenvalue weighted by molar-refractivity contribution is 0.114. The second kappa shape index (κ2) is 8.47. The first-order valence-electron chi connectivity index (χ1n) is 8.06. The van der Waals surface area contributed by atoms with E-state index in [1.807, 2.05) is 7.05 Å². The molecule has 20 heavy (non-hydrogen) atoms. The molecule has 2 fully saturated rings. The molecule has 0 radical (unpaired) electrons. The van der Waals surface area contributed by atoms with Crippen molar-refractivity contribution in [3.8, 4) is 0 Å². The minimum atomic E-state index is 0.356. The summed E-state index contributed by atoms with van der Waals surface area (Å²) in [6.07, 6.45) is 8.22. The molecule has 116 valence electrons. The number of nitrogens with zero attached hydrogens (tertiary/aromatic N) is 2. The summed E-state index contributed by atoms with van der Waals surface area (Å²) in [5.41, 5.74) is 0. The van der Waals surface area contributed by atoms with Crippen LogP contribution in [0.5, 0.6) is 0 Å². The van der Waals surface area contributed by atoms with Gasteiger partial charge in [0.1, 0.15) is 0 Å². The molecule has 1 aliphatic heterocycles. The molecule has 1 heterocycles. The summed E-state index contributed by atoms with van der Waals surface area (Å²) >= 11 is 0. The second-order valence-electron chi connectivity index (χ2n) is 5.93. The van der Waals surface area contributed by atoms with E-state index in [9.17, 15) is 0 Å². The Morgan fingerprint density at radius 2 is 2.00 bits per heavy atom. The Labute approximate surface area is 123 Å². The van der Waals surface area contributed by atoms with Crippen LogP contribution in [0.25, 0.3) is 0 Å². The zero-order valence-corrected chi connectivity index (χ0v) is 13.0. The van der Waals surface area contributed by atoms with E-state index in [4.69, 9.17) is 4.74 Å². The molecule has 1 saturated carbocycles. The van der Waals surface area contributed by atoms with Gasteiger partial charge in [0.15, 0.2) is 5.96 Å². The SMILES string of the molecule is CN=C(NCCN(C)C1CCCC1)NCC1CCCO1. The van der Waals surface area contributed by atoms with Crippen molar-refractivity contribution < 1.29 is 4.74 Å². The van der Waals surface area contributed by atoms with Crippen LogP contribution in [0.3, 0.4) is 0 Å². The third-order valence-electron chi connectivity index (χ3n) is 4.45. The fourth-order valence-corrected chi connectivity index (χ4v) is 3.11. The van der Waals surface area contributed by atoms with Crippen LogP contribution in [0.1, 0.15) is 38.5 Å². The average Bonchev–Trinajstić information content (AvgIpc) is 3.14. The number of hydrogen-bond donors (Lipinski definition) is 2. The third kappa shape index (κ3) is 4.94. The van der Waals surface area contributed by atoms with E-state index in [1.165, 1.54) is 32.1 Å². The maximum Gasteiger partial charge on any atom is 0.191 e. The normalized spacial score (nSPS) is 24.6. The van der Waals surface area contributed by atoms with Gasteiger partial charge in [-0.3, -0.25) is 4.99 Å². The molecule has 1 atom stereocenters. The van der Waals surface area contributed by atoms with E-state index in [1.54, 1.807) is 0 Å². The van der Waals surface area contributed by atoms with Crippen molar-refractivity contribution in [2.75, 3.05) is 40.3 Å². The van der Waals surface area contributed by atoms with E-state index in [0.717, 1.165) is 44.7 Å². The lowest BCUT2D eigenvalue weighted by atomic mass is 10.2. The van der Waals surface area contributed by atoms with E-state index in [0.29, 0.717) is 6.10 Å². The van der Waals surface area contributed by atoms with Crippen molar-refractivity contribution in [1.82, 2.24) is 15.5 Å². The quantitative estimate of drug-likeness (QED) is 0.568. The minimum absolute atomic E-state index is 0.356. The Balaban J connectivity index is 1.58. The zero-order valence-electron chi connectivity index (χ0n) is 13.0. The van der Waals surface area contributed by atoms with Gasteiger partial charge in [0.05, 0.1) is 6.10 Å². The van der Waals surface area contributed by atoms with Gasteiger partial charge in [0.25, 0.3) is 0 Å². The Kier molecular flexibility index (Phi) is 6.60. The zero-order chi connectivity index (χ0) is 14.2. The summed E-state index contributed by atoms with van der Waals surface area (Å²) < 4.78 is 5.60. The van der Waals surface area contributed by atoms with Crippen molar-refractivity contribution in [2.24, 2.45) is 4.99 Å². The summed E-state index contributed by atoms with van der Waals surface area (Å²) in [6, 6.07) is 0.790. The Morgan fingerprint density at radius 1 is 1.20 bits per heavy atom. The number of ether oxygens (including phenoxy) is 1. The molecular formula is C15H30N4O. The van der Waals surface area contributed by atoms with Crippen LogP contribution in [0.4, 0.5) is 0 Å². The summed E-state index contributed by atoms with van der Waals surface area (Å²) in [4.78, 5) is 6.74. The van der Waals surface area contributed by atoms with Gasteiger partial charge in [-0.15, -0.1) is 0 Å². The first kappa shape index (κ1) is 15.6. The highest BCUT2D eigenvalue weighted by molar-refractivity contribution is 5.79. The molecular weight excluding hydrogens is 252 g/mol. The molecule has 2 rings (SSSR count). The Morgan fingerprint density at radius 3 is 2.65 bits per heavy atom. The standard InChI is InChI=1S/C15H30N4O/c1-16-15(18-12-14-8-5-11-20-14)17-9-10-19(2)13-6-3-4-7-13/h13-14H,3-12H2,1-2H3,(H2,16,17,18). The highest BCUT2D eigenvalue weighted by Crippen LogP contribution is 2.21. The highest BCUT2D eigenvalue weighted by atomic mass is 16.5.